The van der Waals surface area contributed by atoms with Crippen molar-refractivity contribution in [3.8, 4) is 0 Å². The maximum absolute atomic E-state index is 11.9. The molecule has 0 aliphatic heterocycles. The van der Waals surface area contributed by atoms with Crippen LogP contribution in [0.2, 0.25) is 5.02 Å². The first kappa shape index (κ1) is 15.1. The summed E-state index contributed by atoms with van der Waals surface area (Å²) in [5, 5.41) is 21.6. The topological polar surface area (TPSA) is 116 Å². The highest BCUT2D eigenvalue weighted by Gasteiger charge is 2.16. The highest BCUT2D eigenvalue weighted by atomic mass is 35.5. The van der Waals surface area contributed by atoms with Gasteiger partial charge < -0.3 is 16.2 Å². The molecule has 1 aromatic carbocycles. The van der Waals surface area contributed by atoms with Crippen LogP contribution in [-0.2, 0) is 0 Å². The van der Waals surface area contributed by atoms with Crippen LogP contribution in [0.1, 0.15) is 17.2 Å². The largest absolute Gasteiger partial charge is 0.394 e. The Kier molecular flexibility index (Phi) is 4.66. The van der Waals surface area contributed by atoms with Crippen molar-refractivity contribution in [3.05, 3.63) is 40.4 Å². The number of rotatable bonds is 4. The minimum absolute atomic E-state index is 0.255. The second kappa shape index (κ2) is 6.47. The minimum atomic E-state index is -0.569. The van der Waals surface area contributed by atoms with Crippen molar-refractivity contribution < 1.29 is 9.90 Å². The molecule has 0 aliphatic rings. The van der Waals surface area contributed by atoms with Crippen molar-refractivity contribution in [2.75, 3.05) is 17.7 Å². The molecule has 0 aliphatic carbocycles. The molecular weight excluding hydrogens is 294 g/mol. The van der Waals surface area contributed by atoms with Gasteiger partial charge in [-0.05, 0) is 24.6 Å². The molecule has 0 saturated carbocycles. The number of aliphatic hydroxyl groups is 1. The standard InChI is InChI=1S/C13H16ClN5O2/c1-7-11(15)18-19-12(7)17-13(21)16-10(6-20)8-3-2-4-9(14)5-8/h2-5,10,20H,6H2,1H3,(H5,15,16,17,18,19,21). The SMILES string of the molecule is Cc1c(NC(=O)NC(CO)c2cccc(Cl)c2)n[nH]c1N. The van der Waals surface area contributed by atoms with Gasteiger partial charge in [-0.2, -0.15) is 5.10 Å². The van der Waals surface area contributed by atoms with Crippen molar-refractivity contribution in [1.82, 2.24) is 15.5 Å². The van der Waals surface area contributed by atoms with Gasteiger partial charge in [-0.25, -0.2) is 4.79 Å². The van der Waals surface area contributed by atoms with Crippen LogP contribution < -0.4 is 16.4 Å². The summed E-state index contributed by atoms with van der Waals surface area (Å²) < 4.78 is 0. The first-order valence-electron chi connectivity index (χ1n) is 6.25. The number of aromatic amines is 1. The van der Waals surface area contributed by atoms with Gasteiger partial charge in [0.15, 0.2) is 5.82 Å². The van der Waals surface area contributed by atoms with Gasteiger partial charge in [0.1, 0.15) is 5.82 Å². The van der Waals surface area contributed by atoms with Gasteiger partial charge in [-0.3, -0.25) is 10.4 Å². The molecule has 7 nitrogen and oxygen atoms in total. The van der Waals surface area contributed by atoms with Crippen LogP contribution in [0.3, 0.4) is 0 Å². The highest BCUT2D eigenvalue weighted by molar-refractivity contribution is 6.30. The number of nitrogen functional groups attached to an aromatic ring is 1. The molecule has 112 valence electrons. The van der Waals surface area contributed by atoms with Crippen LogP contribution in [0.4, 0.5) is 16.4 Å². The second-order valence-electron chi connectivity index (χ2n) is 4.50. The Bertz CT molecular complexity index is 643. The van der Waals surface area contributed by atoms with E-state index >= 15 is 0 Å². The molecule has 8 heteroatoms. The number of halogens is 1. The summed E-state index contributed by atoms with van der Waals surface area (Å²) in [4.78, 5) is 11.9. The predicted octanol–water partition coefficient (Wildman–Crippen LogP) is 1.81. The molecule has 0 radical (unpaired) electrons. The summed E-state index contributed by atoms with van der Waals surface area (Å²) in [5.41, 5.74) is 6.96. The average Bonchev–Trinajstić information content (AvgIpc) is 2.77. The number of aliphatic hydroxyl groups excluding tert-OH is 1. The fraction of sp³-hybridized carbons (Fsp3) is 0.231. The van der Waals surface area contributed by atoms with E-state index in [0.717, 1.165) is 0 Å². The number of hydrogen-bond donors (Lipinski definition) is 5. The van der Waals surface area contributed by atoms with E-state index in [2.05, 4.69) is 20.8 Å². The van der Waals surface area contributed by atoms with Crippen LogP contribution in [0.15, 0.2) is 24.3 Å². The number of carbonyl (C=O) groups excluding carboxylic acids is 1. The Morgan fingerprint density at radius 1 is 1.57 bits per heavy atom. The quantitative estimate of drug-likeness (QED) is 0.592. The first-order valence-corrected chi connectivity index (χ1v) is 6.63. The van der Waals surface area contributed by atoms with E-state index < -0.39 is 12.1 Å². The van der Waals surface area contributed by atoms with E-state index in [-0.39, 0.29) is 6.61 Å². The molecule has 0 bridgehead atoms. The van der Waals surface area contributed by atoms with Gasteiger partial charge in [-0.1, -0.05) is 23.7 Å². The predicted molar refractivity (Wildman–Crippen MR) is 81.2 cm³/mol. The van der Waals surface area contributed by atoms with E-state index in [1.54, 1.807) is 31.2 Å². The summed E-state index contributed by atoms with van der Waals surface area (Å²) in [6.07, 6.45) is 0. The second-order valence-corrected chi connectivity index (χ2v) is 4.94. The monoisotopic (exact) mass is 309 g/mol. The molecule has 6 N–H and O–H groups in total. The Balaban J connectivity index is 2.05. The number of H-pyrrole nitrogens is 1. The van der Waals surface area contributed by atoms with Crippen LogP contribution in [-0.4, -0.2) is 27.9 Å². The summed E-state index contributed by atoms with van der Waals surface area (Å²) in [7, 11) is 0. The third kappa shape index (κ3) is 3.65. The summed E-state index contributed by atoms with van der Waals surface area (Å²) in [6, 6.07) is 5.85. The van der Waals surface area contributed by atoms with Crippen molar-refractivity contribution in [3.63, 3.8) is 0 Å². The van der Waals surface area contributed by atoms with Crippen molar-refractivity contribution in [2.24, 2.45) is 0 Å². The fourth-order valence-electron chi connectivity index (χ4n) is 1.79. The number of benzene rings is 1. The Labute approximate surface area is 126 Å². The number of anilines is 2. The molecule has 1 atom stereocenters. The normalized spacial score (nSPS) is 12.0. The van der Waals surface area contributed by atoms with Gasteiger partial charge in [0, 0.05) is 10.6 Å². The molecule has 2 rings (SSSR count). The summed E-state index contributed by atoms with van der Waals surface area (Å²) in [6.45, 7) is 1.48. The number of carbonyl (C=O) groups is 1. The average molecular weight is 310 g/mol. The molecule has 2 aromatic rings. The number of nitrogens with two attached hydrogens (primary N) is 1. The zero-order valence-corrected chi connectivity index (χ0v) is 12.1. The molecule has 1 aromatic heterocycles. The lowest BCUT2D eigenvalue weighted by atomic mass is 10.1. The maximum Gasteiger partial charge on any atom is 0.321 e. The van der Waals surface area contributed by atoms with Crippen LogP contribution in [0.5, 0.6) is 0 Å². The number of nitrogens with one attached hydrogen (secondary N) is 3. The molecular formula is C13H16ClN5O2. The lowest BCUT2D eigenvalue weighted by Gasteiger charge is -2.17. The van der Waals surface area contributed by atoms with Gasteiger partial charge in [0.2, 0.25) is 0 Å². The van der Waals surface area contributed by atoms with Crippen molar-refractivity contribution in [1.29, 1.82) is 0 Å². The highest BCUT2D eigenvalue weighted by Crippen LogP contribution is 2.19. The van der Waals surface area contributed by atoms with Crippen molar-refractivity contribution in [2.45, 2.75) is 13.0 Å². The van der Waals surface area contributed by atoms with E-state index in [1.165, 1.54) is 0 Å². The van der Waals surface area contributed by atoms with Crippen LogP contribution in [0.25, 0.3) is 0 Å². The van der Waals surface area contributed by atoms with E-state index in [9.17, 15) is 9.90 Å². The third-order valence-corrected chi connectivity index (χ3v) is 3.25. The first-order chi connectivity index (χ1) is 10.0. The molecule has 0 spiro atoms. The smallest absolute Gasteiger partial charge is 0.321 e. The van der Waals surface area contributed by atoms with Gasteiger partial charge in [0.25, 0.3) is 0 Å². The molecule has 0 saturated heterocycles. The Morgan fingerprint density at radius 3 is 2.90 bits per heavy atom. The number of amides is 2. The van der Waals surface area contributed by atoms with Crippen LogP contribution >= 0.6 is 11.6 Å². The maximum atomic E-state index is 11.9. The molecule has 0 fully saturated rings. The number of urea groups is 1. The summed E-state index contributed by atoms with van der Waals surface area (Å²) in [5.74, 6) is 0.728. The number of hydrogen-bond acceptors (Lipinski definition) is 4. The Hall–Kier alpha value is -2.25. The third-order valence-electron chi connectivity index (χ3n) is 3.02. The zero-order valence-electron chi connectivity index (χ0n) is 11.4. The molecule has 21 heavy (non-hydrogen) atoms. The van der Waals surface area contributed by atoms with Crippen LogP contribution in [0, 0.1) is 6.92 Å². The number of aromatic nitrogens is 2. The minimum Gasteiger partial charge on any atom is -0.394 e. The van der Waals surface area contributed by atoms with E-state index in [4.69, 9.17) is 17.3 Å². The van der Waals surface area contributed by atoms with E-state index in [0.29, 0.717) is 27.8 Å². The van der Waals surface area contributed by atoms with Crippen molar-refractivity contribution >= 4 is 29.3 Å². The lowest BCUT2D eigenvalue weighted by molar-refractivity contribution is 0.225. The lowest BCUT2D eigenvalue weighted by Crippen LogP contribution is -2.34. The van der Waals surface area contributed by atoms with Gasteiger partial charge >= 0.3 is 6.03 Å². The van der Waals surface area contributed by atoms with E-state index in [1.807, 2.05) is 0 Å². The van der Waals surface area contributed by atoms with Gasteiger partial charge in [0.05, 0.1) is 12.6 Å². The molecule has 1 heterocycles. The molecule has 2 amide bonds. The van der Waals surface area contributed by atoms with Gasteiger partial charge in [-0.15, -0.1) is 0 Å². The molecule has 1 unspecified atom stereocenters. The summed E-state index contributed by atoms with van der Waals surface area (Å²) >= 11 is 5.90. The Morgan fingerprint density at radius 2 is 2.33 bits per heavy atom. The zero-order chi connectivity index (χ0) is 15.4. The fourth-order valence-corrected chi connectivity index (χ4v) is 1.99. The number of nitrogens with zero attached hydrogens (tertiary/aromatic N) is 1.